The number of nitrogens with two attached hydrogens (primary N) is 1. The Morgan fingerprint density at radius 2 is 1.86 bits per heavy atom. The molecule has 0 aromatic heterocycles. The zero-order valence-electron chi connectivity index (χ0n) is 13.5. The Hall–Kier alpha value is -1.35. The normalized spacial score (nSPS) is 25.9. The molecule has 0 unspecified atom stereocenters. The average molecular weight is 288 g/mol. The number of hydrogen-bond acceptors (Lipinski definition) is 2. The number of benzene rings is 1. The molecule has 0 bridgehead atoms. The molecule has 0 spiro atoms. The average Bonchev–Trinajstić information content (AvgIpc) is 2.49. The number of amides is 1. The van der Waals surface area contributed by atoms with Crippen molar-refractivity contribution in [3.63, 3.8) is 0 Å². The summed E-state index contributed by atoms with van der Waals surface area (Å²) in [6, 6.07) is 8.14. The van der Waals surface area contributed by atoms with Gasteiger partial charge in [-0.1, -0.05) is 32.9 Å². The van der Waals surface area contributed by atoms with E-state index in [-0.39, 0.29) is 11.3 Å². The summed E-state index contributed by atoms with van der Waals surface area (Å²) in [6.07, 6.45) is 4.00. The molecule has 1 aliphatic carbocycles. The highest BCUT2D eigenvalue weighted by Crippen LogP contribution is 2.39. The van der Waals surface area contributed by atoms with E-state index in [0.717, 1.165) is 31.4 Å². The molecule has 0 heterocycles. The number of nitrogens with one attached hydrogen (secondary N) is 1. The molecule has 1 amide bonds. The van der Waals surface area contributed by atoms with Crippen molar-refractivity contribution in [1.82, 2.24) is 0 Å². The van der Waals surface area contributed by atoms with Gasteiger partial charge in [-0.05, 0) is 55.2 Å². The minimum atomic E-state index is -0.372. The van der Waals surface area contributed by atoms with E-state index < -0.39 is 0 Å². The van der Waals surface area contributed by atoms with Crippen molar-refractivity contribution in [3.8, 4) is 0 Å². The Morgan fingerprint density at radius 3 is 2.33 bits per heavy atom. The van der Waals surface area contributed by atoms with Gasteiger partial charge in [0.05, 0.1) is 5.41 Å². The van der Waals surface area contributed by atoms with E-state index in [2.05, 4.69) is 38.2 Å². The van der Waals surface area contributed by atoms with Crippen molar-refractivity contribution in [1.29, 1.82) is 0 Å². The molecule has 3 nitrogen and oxygen atoms in total. The molecule has 0 aliphatic heterocycles. The lowest BCUT2D eigenvalue weighted by molar-refractivity contribution is -0.127. The predicted octanol–water partition coefficient (Wildman–Crippen LogP) is 3.90. The zero-order chi connectivity index (χ0) is 15.5. The third-order valence-corrected chi connectivity index (χ3v) is 4.94. The molecule has 1 aromatic rings. The largest absolute Gasteiger partial charge is 0.329 e. The summed E-state index contributed by atoms with van der Waals surface area (Å²) in [4.78, 5) is 12.7. The summed E-state index contributed by atoms with van der Waals surface area (Å²) in [5.74, 6) is 1.31. The van der Waals surface area contributed by atoms with Crippen LogP contribution in [-0.2, 0) is 4.79 Å². The first-order valence-corrected chi connectivity index (χ1v) is 8.08. The van der Waals surface area contributed by atoms with Gasteiger partial charge in [0, 0.05) is 12.2 Å². The summed E-state index contributed by atoms with van der Waals surface area (Å²) in [7, 11) is 0. The lowest BCUT2D eigenvalue weighted by Gasteiger charge is -2.37. The Bertz CT molecular complexity index is 470. The van der Waals surface area contributed by atoms with Gasteiger partial charge < -0.3 is 11.1 Å². The van der Waals surface area contributed by atoms with E-state index in [1.165, 1.54) is 5.56 Å². The first-order chi connectivity index (χ1) is 9.97. The quantitative estimate of drug-likeness (QED) is 0.882. The molecule has 1 fully saturated rings. The Morgan fingerprint density at radius 1 is 1.29 bits per heavy atom. The Labute approximate surface area is 128 Å². The molecule has 1 aromatic carbocycles. The smallest absolute Gasteiger partial charge is 0.231 e. The van der Waals surface area contributed by atoms with Crippen molar-refractivity contribution < 1.29 is 4.79 Å². The fraction of sp³-hybridized carbons (Fsp3) is 0.611. The third-order valence-electron chi connectivity index (χ3n) is 4.94. The summed E-state index contributed by atoms with van der Waals surface area (Å²) in [5.41, 5.74) is 7.73. The molecule has 0 saturated heterocycles. The molecular formula is C18H28N2O. The van der Waals surface area contributed by atoms with Crippen molar-refractivity contribution >= 4 is 11.6 Å². The van der Waals surface area contributed by atoms with Crippen molar-refractivity contribution in [2.24, 2.45) is 17.1 Å². The maximum absolute atomic E-state index is 12.7. The van der Waals surface area contributed by atoms with Crippen LogP contribution in [0.25, 0.3) is 0 Å². The summed E-state index contributed by atoms with van der Waals surface area (Å²) in [5, 5.41) is 3.07. The molecule has 116 valence electrons. The zero-order valence-corrected chi connectivity index (χ0v) is 13.5. The van der Waals surface area contributed by atoms with Crippen LogP contribution in [0.2, 0.25) is 0 Å². The predicted molar refractivity (Wildman–Crippen MR) is 88.3 cm³/mol. The fourth-order valence-corrected chi connectivity index (χ4v) is 3.05. The monoisotopic (exact) mass is 288 g/mol. The van der Waals surface area contributed by atoms with Crippen LogP contribution in [0.5, 0.6) is 0 Å². The minimum Gasteiger partial charge on any atom is -0.329 e. The van der Waals surface area contributed by atoms with Crippen molar-refractivity contribution in [2.45, 2.75) is 52.4 Å². The van der Waals surface area contributed by atoms with Crippen LogP contribution in [-0.4, -0.2) is 12.5 Å². The Balaban J connectivity index is 2.05. The molecule has 21 heavy (non-hydrogen) atoms. The fourth-order valence-electron chi connectivity index (χ4n) is 3.05. The summed E-state index contributed by atoms with van der Waals surface area (Å²) in [6.45, 7) is 7.03. The lowest BCUT2D eigenvalue weighted by atomic mass is 9.70. The topological polar surface area (TPSA) is 55.1 Å². The maximum Gasteiger partial charge on any atom is 0.231 e. The first kappa shape index (κ1) is 16.0. The number of hydrogen-bond donors (Lipinski definition) is 2. The van der Waals surface area contributed by atoms with Crippen LogP contribution in [0.15, 0.2) is 24.3 Å². The van der Waals surface area contributed by atoms with E-state index in [1.54, 1.807) is 0 Å². The molecular weight excluding hydrogens is 260 g/mol. The minimum absolute atomic E-state index is 0.0918. The highest BCUT2D eigenvalue weighted by atomic mass is 16.2. The number of carbonyl (C=O) groups is 1. The number of rotatable bonds is 4. The summed E-state index contributed by atoms with van der Waals surface area (Å²) >= 11 is 0. The van der Waals surface area contributed by atoms with Crippen molar-refractivity contribution in [3.05, 3.63) is 29.8 Å². The second-order valence-corrected chi connectivity index (χ2v) is 6.90. The summed E-state index contributed by atoms with van der Waals surface area (Å²) < 4.78 is 0. The van der Waals surface area contributed by atoms with Gasteiger partial charge in [-0.25, -0.2) is 0 Å². The number of carbonyl (C=O) groups excluding carboxylic acids is 1. The van der Waals surface area contributed by atoms with E-state index in [0.29, 0.717) is 18.4 Å². The van der Waals surface area contributed by atoms with Crippen LogP contribution in [0.1, 0.15) is 57.9 Å². The standard InChI is InChI=1S/C18H28N2O/c1-13(2)15-4-6-16(7-5-15)20-17(21)18(12-19)10-8-14(3)9-11-18/h4-7,13-14H,8-12,19H2,1-3H3,(H,20,21). The molecule has 2 rings (SSSR count). The second kappa shape index (κ2) is 6.61. The maximum atomic E-state index is 12.7. The van der Waals surface area contributed by atoms with Crippen LogP contribution in [0.4, 0.5) is 5.69 Å². The van der Waals surface area contributed by atoms with Crippen molar-refractivity contribution in [2.75, 3.05) is 11.9 Å². The molecule has 3 heteroatoms. The molecule has 3 N–H and O–H groups in total. The van der Waals surface area contributed by atoms with Crippen LogP contribution >= 0.6 is 0 Å². The van der Waals surface area contributed by atoms with Gasteiger partial charge in [-0.3, -0.25) is 4.79 Å². The van der Waals surface area contributed by atoms with Gasteiger partial charge in [-0.15, -0.1) is 0 Å². The van der Waals surface area contributed by atoms with E-state index in [1.807, 2.05) is 12.1 Å². The first-order valence-electron chi connectivity index (χ1n) is 8.08. The lowest BCUT2D eigenvalue weighted by Crippen LogP contribution is -2.44. The van der Waals surface area contributed by atoms with E-state index >= 15 is 0 Å². The van der Waals surface area contributed by atoms with Gasteiger partial charge in [-0.2, -0.15) is 0 Å². The number of anilines is 1. The molecule has 0 radical (unpaired) electrons. The van der Waals surface area contributed by atoms with Gasteiger partial charge in [0.25, 0.3) is 0 Å². The third kappa shape index (κ3) is 3.65. The Kier molecular flexibility index (Phi) is 5.04. The molecule has 0 atom stereocenters. The molecule has 1 saturated carbocycles. The SMILES string of the molecule is CC1CCC(CN)(C(=O)Nc2ccc(C(C)C)cc2)CC1. The van der Waals surface area contributed by atoms with Gasteiger partial charge in [0.1, 0.15) is 0 Å². The van der Waals surface area contributed by atoms with Crippen LogP contribution in [0.3, 0.4) is 0 Å². The van der Waals surface area contributed by atoms with E-state index in [4.69, 9.17) is 5.73 Å². The van der Waals surface area contributed by atoms with Gasteiger partial charge in [0.15, 0.2) is 0 Å². The van der Waals surface area contributed by atoms with Gasteiger partial charge >= 0.3 is 0 Å². The van der Waals surface area contributed by atoms with Crippen LogP contribution < -0.4 is 11.1 Å². The second-order valence-electron chi connectivity index (χ2n) is 6.90. The van der Waals surface area contributed by atoms with E-state index in [9.17, 15) is 4.79 Å². The molecule has 1 aliphatic rings. The highest BCUT2D eigenvalue weighted by molar-refractivity contribution is 5.95. The van der Waals surface area contributed by atoms with Gasteiger partial charge in [0.2, 0.25) is 5.91 Å². The highest BCUT2D eigenvalue weighted by Gasteiger charge is 2.39. The van der Waals surface area contributed by atoms with Crippen LogP contribution in [0, 0.1) is 11.3 Å².